The summed E-state index contributed by atoms with van der Waals surface area (Å²) in [5.74, 6) is 0.446. The number of aromatic nitrogens is 1. The van der Waals surface area contributed by atoms with Crippen molar-refractivity contribution in [3.8, 4) is 5.69 Å². The average Bonchev–Trinajstić information content (AvgIpc) is 3.03. The lowest BCUT2D eigenvalue weighted by atomic mass is 9.89. The molecule has 3 N–H and O–H groups in total. The number of nitrogens with zero attached hydrogens (tertiary/aromatic N) is 2. The van der Waals surface area contributed by atoms with Gasteiger partial charge in [-0.15, -0.1) is 0 Å². The van der Waals surface area contributed by atoms with Gasteiger partial charge >= 0.3 is 6.03 Å². The zero-order valence-corrected chi connectivity index (χ0v) is 17.1. The van der Waals surface area contributed by atoms with Crippen molar-refractivity contribution in [1.82, 2.24) is 9.47 Å². The van der Waals surface area contributed by atoms with Gasteiger partial charge in [-0.25, -0.2) is 4.79 Å². The summed E-state index contributed by atoms with van der Waals surface area (Å²) < 4.78 is 2.09. The normalized spacial score (nSPS) is 15.8. The molecule has 1 aliphatic heterocycles. The summed E-state index contributed by atoms with van der Waals surface area (Å²) in [4.78, 5) is 13.7. The number of rotatable bonds is 3. The van der Waals surface area contributed by atoms with Gasteiger partial charge in [-0.05, 0) is 74.8 Å². The third-order valence-corrected chi connectivity index (χ3v) is 6.26. The molecule has 0 unspecified atom stereocenters. The van der Waals surface area contributed by atoms with E-state index >= 15 is 0 Å². The van der Waals surface area contributed by atoms with Crippen LogP contribution in [0.2, 0.25) is 10.0 Å². The van der Waals surface area contributed by atoms with E-state index in [1.54, 1.807) is 6.07 Å². The van der Waals surface area contributed by atoms with Crippen molar-refractivity contribution in [2.75, 3.05) is 25.5 Å². The predicted octanol–water partition coefficient (Wildman–Crippen LogP) is 5.24. The van der Waals surface area contributed by atoms with Crippen LogP contribution in [0.25, 0.3) is 16.6 Å². The average molecular weight is 417 g/mol. The number of fused-ring (bicyclic) bond motifs is 1. The Morgan fingerprint density at radius 2 is 1.93 bits per heavy atom. The summed E-state index contributed by atoms with van der Waals surface area (Å²) in [6.07, 6.45) is 4.34. The molecule has 0 aliphatic carbocycles. The Hall–Kier alpha value is -2.21. The first kappa shape index (κ1) is 19.1. The lowest BCUT2D eigenvalue weighted by Gasteiger charge is -2.28. The van der Waals surface area contributed by atoms with Crippen molar-refractivity contribution in [2.24, 2.45) is 5.73 Å². The fourth-order valence-corrected chi connectivity index (χ4v) is 4.38. The van der Waals surface area contributed by atoms with Crippen LogP contribution < -0.4 is 11.1 Å². The molecule has 1 fully saturated rings. The molecule has 7 heteroatoms. The Morgan fingerprint density at radius 3 is 2.64 bits per heavy atom. The van der Waals surface area contributed by atoms with Crippen LogP contribution in [0.5, 0.6) is 0 Å². The number of hydrogen-bond donors (Lipinski definition) is 2. The van der Waals surface area contributed by atoms with Crippen LogP contribution in [0.15, 0.2) is 42.6 Å². The van der Waals surface area contributed by atoms with Crippen LogP contribution in [0.1, 0.15) is 24.3 Å². The second-order valence-corrected chi connectivity index (χ2v) is 8.11. The molecule has 28 heavy (non-hydrogen) atoms. The maximum Gasteiger partial charge on any atom is 0.316 e. The molecule has 1 aliphatic rings. The molecule has 4 rings (SSSR count). The van der Waals surface area contributed by atoms with Gasteiger partial charge in [0.25, 0.3) is 0 Å². The second-order valence-electron chi connectivity index (χ2n) is 7.33. The number of amides is 2. The Bertz CT molecular complexity index is 1040. The molecule has 2 aromatic carbocycles. The monoisotopic (exact) mass is 416 g/mol. The molecular formula is C21H22Cl2N4O. The summed E-state index contributed by atoms with van der Waals surface area (Å²) in [5, 5.41) is 4.82. The lowest BCUT2D eigenvalue weighted by molar-refractivity contribution is 0.256. The van der Waals surface area contributed by atoms with Crippen molar-refractivity contribution in [1.29, 1.82) is 0 Å². The number of anilines is 1. The molecule has 0 bridgehead atoms. The molecule has 0 spiro atoms. The van der Waals surface area contributed by atoms with Gasteiger partial charge in [-0.2, -0.15) is 0 Å². The first-order chi connectivity index (χ1) is 13.4. The van der Waals surface area contributed by atoms with E-state index in [0.29, 0.717) is 21.7 Å². The smallest absolute Gasteiger partial charge is 0.316 e. The largest absolute Gasteiger partial charge is 0.351 e. The number of piperidine rings is 1. The van der Waals surface area contributed by atoms with Crippen molar-refractivity contribution in [3.05, 3.63) is 58.2 Å². The van der Waals surface area contributed by atoms with Crippen LogP contribution in [0.3, 0.4) is 0 Å². The third-order valence-electron chi connectivity index (χ3n) is 5.45. The quantitative estimate of drug-likeness (QED) is 0.613. The third kappa shape index (κ3) is 3.58. The van der Waals surface area contributed by atoms with E-state index in [0.717, 1.165) is 42.5 Å². The zero-order valence-electron chi connectivity index (χ0n) is 15.6. The van der Waals surface area contributed by atoms with Gasteiger partial charge in [0, 0.05) is 17.3 Å². The maximum atomic E-state index is 11.3. The predicted molar refractivity (Wildman–Crippen MR) is 116 cm³/mol. The van der Waals surface area contributed by atoms with Crippen LogP contribution in [-0.2, 0) is 0 Å². The fraction of sp³-hybridized carbons (Fsp3) is 0.286. The molecule has 2 heterocycles. The molecule has 5 nitrogen and oxygen atoms in total. The first-order valence-corrected chi connectivity index (χ1v) is 10.0. The summed E-state index contributed by atoms with van der Waals surface area (Å²) in [6, 6.07) is 10.9. The highest BCUT2D eigenvalue weighted by molar-refractivity contribution is 6.43. The maximum absolute atomic E-state index is 11.3. The van der Waals surface area contributed by atoms with E-state index in [-0.39, 0.29) is 0 Å². The van der Waals surface area contributed by atoms with Crippen molar-refractivity contribution in [2.45, 2.75) is 18.8 Å². The van der Waals surface area contributed by atoms with E-state index in [1.807, 2.05) is 30.3 Å². The molecular weight excluding hydrogens is 395 g/mol. The molecule has 2 amide bonds. The van der Waals surface area contributed by atoms with Crippen molar-refractivity contribution in [3.63, 3.8) is 0 Å². The highest BCUT2D eigenvalue weighted by Crippen LogP contribution is 2.38. The minimum atomic E-state index is -0.572. The van der Waals surface area contributed by atoms with E-state index in [9.17, 15) is 4.79 Å². The topological polar surface area (TPSA) is 63.3 Å². The lowest BCUT2D eigenvalue weighted by Crippen LogP contribution is -2.29. The Morgan fingerprint density at radius 1 is 1.18 bits per heavy atom. The molecule has 1 aromatic heterocycles. The van der Waals surface area contributed by atoms with Gasteiger partial charge in [-0.3, -0.25) is 0 Å². The van der Waals surface area contributed by atoms with E-state index < -0.39 is 6.03 Å². The SMILES string of the molecule is CN1CCC(c2cn(-c3cccc(Cl)c3Cl)c3ccc(NC(N)=O)cc23)CC1. The van der Waals surface area contributed by atoms with Gasteiger partial charge < -0.3 is 20.5 Å². The first-order valence-electron chi connectivity index (χ1n) is 9.28. The van der Waals surface area contributed by atoms with Crippen LogP contribution in [-0.4, -0.2) is 35.6 Å². The van der Waals surface area contributed by atoms with E-state index in [1.165, 1.54) is 5.56 Å². The Kier molecular flexibility index (Phi) is 5.23. The molecule has 0 radical (unpaired) electrons. The number of nitrogens with one attached hydrogen (secondary N) is 1. The highest BCUT2D eigenvalue weighted by Gasteiger charge is 2.23. The molecule has 0 saturated carbocycles. The fourth-order valence-electron chi connectivity index (χ4n) is 4.00. The van der Waals surface area contributed by atoms with Gasteiger partial charge in [0.1, 0.15) is 0 Å². The van der Waals surface area contributed by atoms with Gasteiger partial charge in [0.15, 0.2) is 0 Å². The number of likely N-dealkylation sites (tertiary alicyclic amines) is 1. The second kappa shape index (κ2) is 7.66. The Balaban J connectivity index is 1.88. The summed E-state index contributed by atoms with van der Waals surface area (Å²) in [7, 11) is 2.15. The molecule has 3 aromatic rings. The number of hydrogen-bond acceptors (Lipinski definition) is 2. The molecule has 1 saturated heterocycles. The summed E-state index contributed by atoms with van der Waals surface area (Å²) >= 11 is 12.8. The number of primary amides is 1. The van der Waals surface area contributed by atoms with Crippen molar-refractivity contribution < 1.29 is 4.79 Å². The standard InChI is InChI=1S/C21H22Cl2N4O/c1-26-9-7-13(8-10-26)16-12-27(19-4-2-3-17(22)20(19)23)18-6-5-14(11-15(16)18)25-21(24)28/h2-6,11-13H,7-10H2,1H3,(H3,24,25,28). The van der Waals surface area contributed by atoms with E-state index in [2.05, 4.69) is 28.0 Å². The van der Waals surface area contributed by atoms with Gasteiger partial charge in [-0.1, -0.05) is 29.3 Å². The molecule has 0 atom stereocenters. The Labute approximate surface area is 174 Å². The van der Waals surface area contributed by atoms with E-state index in [4.69, 9.17) is 28.9 Å². The zero-order chi connectivity index (χ0) is 19.8. The minimum absolute atomic E-state index is 0.446. The number of nitrogens with two attached hydrogens (primary N) is 1. The number of halogens is 2. The van der Waals surface area contributed by atoms with Crippen molar-refractivity contribution >= 4 is 45.8 Å². The number of benzene rings is 2. The number of urea groups is 1. The van der Waals surface area contributed by atoms with Gasteiger partial charge in [0.2, 0.25) is 0 Å². The minimum Gasteiger partial charge on any atom is -0.351 e. The summed E-state index contributed by atoms with van der Waals surface area (Å²) in [6.45, 7) is 2.13. The van der Waals surface area contributed by atoms with Crippen LogP contribution in [0.4, 0.5) is 10.5 Å². The van der Waals surface area contributed by atoms with Gasteiger partial charge in [0.05, 0.1) is 21.2 Å². The molecule has 146 valence electrons. The van der Waals surface area contributed by atoms with Crippen LogP contribution in [0, 0.1) is 0 Å². The summed E-state index contributed by atoms with van der Waals surface area (Å²) in [5.41, 5.74) is 9.11. The highest BCUT2D eigenvalue weighted by atomic mass is 35.5. The van der Waals surface area contributed by atoms with Crippen LogP contribution >= 0.6 is 23.2 Å². The number of carbonyl (C=O) groups is 1. The number of carbonyl (C=O) groups excluding carboxylic acids is 1.